The highest BCUT2D eigenvalue weighted by atomic mass is 19.1. The number of hydrogen-bond acceptors (Lipinski definition) is 4. The van der Waals surface area contributed by atoms with Gasteiger partial charge in [0.15, 0.2) is 0 Å². The first-order chi connectivity index (χ1) is 9.51. The van der Waals surface area contributed by atoms with Crippen LogP contribution in [0.4, 0.5) is 26.2 Å². The van der Waals surface area contributed by atoms with Crippen LogP contribution in [0.25, 0.3) is 0 Å². The van der Waals surface area contributed by atoms with Crippen molar-refractivity contribution >= 4 is 23.2 Å². The molecular formula is C13H19FN4O2. The highest BCUT2D eigenvalue weighted by Gasteiger charge is 2.23. The van der Waals surface area contributed by atoms with Crippen molar-refractivity contribution in [3.05, 3.63) is 17.9 Å². The number of benzene rings is 1. The standard InChI is InChI=1S/C13H19FN4O2/c1-16-10-5-8(14)6-11(12(10)15)18-4-2-3-9(7-18)17-13(19)20/h5-6,9,16-17H,2-4,7,15H2,1H3,(H,19,20)/t9-/m1/s1. The zero-order chi connectivity index (χ0) is 14.7. The maximum absolute atomic E-state index is 13.6. The number of nitrogens with one attached hydrogen (secondary N) is 2. The monoisotopic (exact) mass is 282 g/mol. The molecule has 0 radical (unpaired) electrons. The molecule has 20 heavy (non-hydrogen) atoms. The fraction of sp³-hybridized carbons (Fsp3) is 0.462. The molecule has 0 spiro atoms. The molecular weight excluding hydrogens is 263 g/mol. The molecule has 1 aromatic carbocycles. The van der Waals surface area contributed by atoms with E-state index in [2.05, 4.69) is 10.6 Å². The first kappa shape index (κ1) is 14.2. The number of halogens is 1. The Bertz CT molecular complexity index is 509. The van der Waals surface area contributed by atoms with E-state index < -0.39 is 6.09 Å². The summed E-state index contributed by atoms with van der Waals surface area (Å²) >= 11 is 0. The third-order valence-electron chi connectivity index (χ3n) is 3.48. The molecule has 0 bridgehead atoms. The number of anilines is 3. The second-order valence-electron chi connectivity index (χ2n) is 4.87. The van der Waals surface area contributed by atoms with Crippen LogP contribution in [-0.2, 0) is 0 Å². The Morgan fingerprint density at radius 1 is 1.55 bits per heavy atom. The number of amides is 1. The van der Waals surface area contributed by atoms with E-state index in [4.69, 9.17) is 10.8 Å². The zero-order valence-corrected chi connectivity index (χ0v) is 11.3. The molecule has 1 aromatic rings. The molecule has 7 heteroatoms. The highest BCUT2D eigenvalue weighted by molar-refractivity contribution is 5.81. The van der Waals surface area contributed by atoms with Crippen molar-refractivity contribution in [1.29, 1.82) is 0 Å². The molecule has 0 aliphatic carbocycles. The average Bonchev–Trinajstić information content (AvgIpc) is 2.40. The van der Waals surface area contributed by atoms with Crippen LogP contribution in [0.15, 0.2) is 12.1 Å². The van der Waals surface area contributed by atoms with Crippen molar-refractivity contribution in [2.75, 3.05) is 36.1 Å². The van der Waals surface area contributed by atoms with E-state index in [0.717, 1.165) is 19.4 Å². The van der Waals surface area contributed by atoms with Crippen molar-refractivity contribution < 1.29 is 14.3 Å². The molecule has 1 aliphatic rings. The molecule has 6 nitrogen and oxygen atoms in total. The third kappa shape index (κ3) is 3.04. The van der Waals surface area contributed by atoms with Gasteiger partial charge in [0.25, 0.3) is 0 Å². The van der Waals surface area contributed by atoms with Gasteiger partial charge in [-0.25, -0.2) is 9.18 Å². The molecule has 2 rings (SSSR count). The van der Waals surface area contributed by atoms with Gasteiger partial charge in [-0.05, 0) is 25.0 Å². The lowest BCUT2D eigenvalue weighted by atomic mass is 10.0. The lowest BCUT2D eigenvalue weighted by molar-refractivity contribution is 0.188. The van der Waals surface area contributed by atoms with Gasteiger partial charge in [-0.15, -0.1) is 0 Å². The van der Waals surface area contributed by atoms with E-state index in [-0.39, 0.29) is 11.9 Å². The Hall–Kier alpha value is -2.18. The summed E-state index contributed by atoms with van der Waals surface area (Å²) in [6.45, 7) is 1.22. The molecule has 5 N–H and O–H groups in total. The summed E-state index contributed by atoms with van der Waals surface area (Å²) in [4.78, 5) is 12.6. The maximum Gasteiger partial charge on any atom is 0.404 e. The average molecular weight is 282 g/mol. The SMILES string of the molecule is CNc1cc(F)cc(N2CCC[C@@H](NC(=O)O)C2)c1N. The molecule has 110 valence electrons. The van der Waals surface area contributed by atoms with Gasteiger partial charge in [0.05, 0.1) is 17.1 Å². The molecule has 1 amide bonds. The van der Waals surface area contributed by atoms with Gasteiger partial charge in [0, 0.05) is 26.2 Å². The van der Waals surface area contributed by atoms with Crippen LogP contribution in [0.5, 0.6) is 0 Å². The number of piperidine rings is 1. The van der Waals surface area contributed by atoms with Crippen LogP contribution >= 0.6 is 0 Å². The number of nitrogen functional groups attached to an aromatic ring is 1. The van der Waals surface area contributed by atoms with Crippen LogP contribution in [0, 0.1) is 5.82 Å². The van der Waals surface area contributed by atoms with Crippen LogP contribution in [0.2, 0.25) is 0 Å². The van der Waals surface area contributed by atoms with E-state index >= 15 is 0 Å². The minimum atomic E-state index is -1.04. The van der Waals surface area contributed by atoms with Crippen molar-refractivity contribution in [1.82, 2.24) is 5.32 Å². The van der Waals surface area contributed by atoms with Gasteiger partial charge in [-0.2, -0.15) is 0 Å². The van der Waals surface area contributed by atoms with Gasteiger partial charge in [0.2, 0.25) is 0 Å². The maximum atomic E-state index is 13.6. The van der Waals surface area contributed by atoms with E-state index in [0.29, 0.717) is 23.6 Å². The van der Waals surface area contributed by atoms with E-state index in [9.17, 15) is 9.18 Å². The Morgan fingerprint density at radius 3 is 2.95 bits per heavy atom. The normalized spacial score (nSPS) is 18.7. The molecule has 1 saturated heterocycles. The molecule has 0 saturated carbocycles. The first-order valence-electron chi connectivity index (χ1n) is 6.52. The van der Waals surface area contributed by atoms with E-state index in [1.54, 1.807) is 7.05 Å². The number of hydrogen-bond donors (Lipinski definition) is 4. The van der Waals surface area contributed by atoms with E-state index in [1.807, 2.05) is 4.90 Å². The van der Waals surface area contributed by atoms with Crippen molar-refractivity contribution in [3.63, 3.8) is 0 Å². The molecule has 1 atom stereocenters. The van der Waals surface area contributed by atoms with Crippen molar-refractivity contribution in [3.8, 4) is 0 Å². The zero-order valence-electron chi connectivity index (χ0n) is 11.3. The summed E-state index contributed by atoms with van der Waals surface area (Å²) < 4.78 is 13.6. The summed E-state index contributed by atoms with van der Waals surface area (Å²) in [5, 5.41) is 14.1. The van der Waals surface area contributed by atoms with Crippen LogP contribution < -0.4 is 21.3 Å². The topological polar surface area (TPSA) is 90.6 Å². The fourth-order valence-electron chi connectivity index (χ4n) is 2.56. The number of nitrogens with zero attached hydrogens (tertiary/aromatic N) is 1. The number of rotatable bonds is 3. The second-order valence-corrected chi connectivity index (χ2v) is 4.87. The Balaban J connectivity index is 2.22. The molecule has 1 aliphatic heterocycles. The van der Waals surface area contributed by atoms with E-state index in [1.165, 1.54) is 12.1 Å². The van der Waals surface area contributed by atoms with Crippen LogP contribution in [0.3, 0.4) is 0 Å². The quantitative estimate of drug-likeness (QED) is 0.633. The van der Waals surface area contributed by atoms with Gasteiger partial charge in [-0.3, -0.25) is 0 Å². The summed E-state index contributed by atoms with van der Waals surface area (Å²) in [6.07, 6.45) is 0.562. The molecule has 0 unspecified atom stereocenters. The van der Waals surface area contributed by atoms with Crippen LogP contribution in [0.1, 0.15) is 12.8 Å². The van der Waals surface area contributed by atoms with Crippen molar-refractivity contribution in [2.45, 2.75) is 18.9 Å². The lowest BCUT2D eigenvalue weighted by Crippen LogP contribution is -2.47. The molecule has 1 fully saturated rings. The Labute approximate surface area is 116 Å². The lowest BCUT2D eigenvalue weighted by Gasteiger charge is -2.35. The Morgan fingerprint density at radius 2 is 2.30 bits per heavy atom. The summed E-state index contributed by atoms with van der Waals surface area (Å²) in [6, 6.07) is 2.57. The number of carbonyl (C=O) groups is 1. The summed E-state index contributed by atoms with van der Waals surface area (Å²) in [5.74, 6) is -0.369. The fourth-order valence-corrected chi connectivity index (χ4v) is 2.56. The van der Waals surface area contributed by atoms with Gasteiger partial charge < -0.3 is 26.4 Å². The smallest absolute Gasteiger partial charge is 0.404 e. The van der Waals surface area contributed by atoms with Gasteiger partial charge >= 0.3 is 6.09 Å². The predicted molar refractivity (Wildman–Crippen MR) is 76.8 cm³/mol. The Kier molecular flexibility index (Phi) is 4.16. The molecule has 1 heterocycles. The first-order valence-corrected chi connectivity index (χ1v) is 6.52. The summed E-state index contributed by atoms with van der Waals surface area (Å²) in [5.41, 5.74) is 7.65. The minimum Gasteiger partial charge on any atom is -0.465 e. The van der Waals surface area contributed by atoms with Gasteiger partial charge in [-0.1, -0.05) is 0 Å². The molecule has 0 aromatic heterocycles. The van der Waals surface area contributed by atoms with Crippen LogP contribution in [-0.4, -0.2) is 37.4 Å². The van der Waals surface area contributed by atoms with Crippen molar-refractivity contribution in [2.24, 2.45) is 0 Å². The number of nitrogens with two attached hydrogens (primary N) is 1. The minimum absolute atomic E-state index is 0.165. The second kappa shape index (κ2) is 5.85. The largest absolute Gasteiger partial charge is 0.465 e. The van der Waals surface area contributed by atoms with Gasteiger partial charge in [0.1, 0.15) is 5.82 Å². The third-order valence-corrected chi connectivity index (χ3v) is 3.48. The predicted octanol–water partition coefficient (Wildman–Crippen LogP) is 1.69. The number of carboxylic acid groups (broad SMARTS) is 1. The highest BCUT2D eigenvalue weighted by Crippen LogP contribution is 2.33. The summed E-state index contributed by atoms with van der Waals surface area (Å²) in [7, 11) is 1.68.